The van der Waals surface area contributed by atoms with Gasteiger partial charge in [0, 0.05) is 30.1 Å². The van der Waals surface area contributed by atoms with Crippen LogP contribution in [0.15, 0.2) is 11.6 Å². The molecule has 1 N–H and O–H groups in total. The maximum Gasteiger partial charge on any atom is 0.302 e. The van der Waals surface area contributed by atoms with E-state index in [0.29, 0.717) is 24.7 Å². The molecule has 4 heteroatoms. The molecule has 4 saturated carbocycles. The molecule has 0 saturated heterocycles. The number of ketones is 1. The Morgan fingerprint density at radius 1 is 0.971 bits per heavy atom. The molecule has 0 aromatic carbocycles. The van der Waals surface area contributed by atoms with Crippen LogP contribution in [-0.4, -0.2) is 28.6 Å². The number of rotatable bonds is 1. The normalized spacial score (nSPS) is 50.1. The predicted octanol–water partition coefficient (Wildman–Crippen LogP) is 6.64. The van der Waals surface area contributed by atoms with Crippen molar-refractivity contribution >= 4 is 11.8 Å². The third-order valence-electron chi connectivity index (χ3n) is 12.7. The zero-order valence-electron chi connectivity index (χ0n) is 23.4. The Hall–Kier alpha value is -1.16. The molecule has 4 nitrogen and oxygen atoms in total. The minimum Gasteiger partial charge on any atom is -0.462 e. The number of aliphatic hydroxyl groups is 1. The number of carbonyl (C=O) groups is 2. The molecule has 0 unspecified atom stereocenters. The summed E-state index contributed by atoms with van der Waals surface area (Å²) in [5.74, 6) is 0.835. The second-order valence-electron chi connectivity index (χ2n) is 15.2. The Morgan fingerprint density at radius 2 is 1.66 bits per heavy atom. The Balaban J connectivity index is 1.56. The molecule has 0 aromatic heterocycles. The molecule has 0 bridgehead atoms. The summed E-state index contributed by atoms with van der Waals surface area (Å²) >= 11 is 0. The molecule has 4 fully saturated rings. The van der Waals surface area contributed by atoms with Crippen molar-refractivity contribution in [2.75, 3.05) is 0 Å². The number of carbonyl (C=O) groups excluding carboxylic acids is 2. The lowest BCUT2D eigenvalue weighted by atomic mass is 9.34. The number of hydrogen-bond acceptors (Lipinski definition) is 4. The third kappa shape index (κ3) is 3.26. The molecule has 0 radical (unpaired) electrons. The maximum atomic E-state index is 13.7. The first-order valence-corrected chi connectivity index (χ1v) is 14.1. The first-order valence-electron chi connectivity index (χ1n) is 14.1. The fourth-order valence-corrected chi connectivity index (χ4v) is 10.5. The average molecular weight is 485 g/mol. The average Bonchev–Trinajstić information content (AvgIpc) is 2.72. The second-order valence-corrected chi connectivity index (χ2v) is 15.2. The van der Waals surface area contributed by atoms with Gasteiger partial charge < -0.3 is 9.84 Å². The van der Waals surface area contributed by atoms with Crippen LogP contribution in [0.5, 0.6) is 0 Å². The smallest absolute Gasteiger partial charge is 0.302 e. The van der Waals surface area contributed by atoms with Gasteiger partial charge in [0.2, 0.25) is 0 Å². The molecular formula is C31H48O4. The van der Waals surface area contributed by atoms with E-state index in [0.717, 1.165) is 44.9 Å². The fourth-order valence-electron chi connectivity index (χ4n) is 10.5. The SMILES string of the molecule is CC(=O)O[C@H]1CC[C@]2(C)[C@H]3CC=C4[C@@H]5CC(C)(C)CC[C@]5(O)C(=O)C[C@@]4(C)[C@]3(C)CC[C@H]2C1(C)C. The lowest BCUT2D eigenvalue weighted by Crippen LogP contribution is -2.67. The summed E-state index contributed by atoms with van der Waals surface area (Å²) in [6.45, 7) is 18.1. The quantitative estimate of drug-likeness (QED) is 0.334. The molecule has 35 heavy (non-hydrogen) atoms. The van der Waals surface area contributed by atoms with Crippen LogP contribution in [0.4, 0.5) is 0 Å². The van der Waals surface area contributed by atoms with Gasteiger partial charge in [-0.15, -0.1) is 0 Å². The largest absolute Gasteiger partial charge is 0.462 e. The second kappa shape index (κ2) is 7.45. The van der Waals surface area contributed by atoms with Gasteiger partial charge in [0.25, 0.3) is 0 Å². The van der Waals surface area contributed by atoms with E-state index in [1.165, 1.54) is 12.5 Å². The minimum atomic E-state index is -1.17. The highest BCUT2D eigenvalue weighted by Crippen LogP contribution is 2.74. The van der Waals surface area contributed by atoms with Crippen LogP contribution in [0.1, 0.15) is 113 Å². The van der Waals surface area contributed by atoms with Gasteiger partial charge >= 0.3 is 5.97 Å². The molecule has 0 heterocycles. The Bertz CT molecular complexity index is 976. The van der Waals surface area contributed by atoms with Gasteiger partial charge in [0.15, 0.2) is 5.78 Å². The van der Waals surface area contributed by atoms with Gasteiger partial charge in [-0.2, -0.15) is 0 Å². The predicted molar refractivity (Wildman–Crippen MR) is 137 cm³/mol. The number of ether oxygens (including phenoxy) is 1. The van der Waals surface area contributed by atoms with Crippen LogP contribution in [-0.2, 0) is 14.3 Å². The number of allylic oxidation sites excluding steroid dienone is 1. The summed E-state index contributed by atoms with van der Waals surface area (Å²) in [6, 6.07) is 0. The van der Waals surface area contributed by atoms with Crippen molar-refractivity contribution in [2.24, 2.45) is 44.8 Å². The highest BCUT2D eigenvalue weighted by Gasteiger charge is 2.70. The maximum absolute atomic E-state index is 13.7. The molecule has 5 rings (SSSR count). The van der Waals surface area contributed by atoms with Crippen molar-refractivity contribution in [3.63, 3.8) is 0 Å². The summed E-state index contributed by atoms with van der Waals surface area (Å²) in [5.41, 5.74) is 0.252. The van der Waals surface area contributed by atoms with Gasteiger partial charge in [0.05, 0.1) is 0 Å². The van der Waals surface area contributed by atoms with Gasteiger partial charge in [-0.25, -0.2) is 0 Å². The Labute approximate surface area is 212 Å². The van der Waals surface area contributed by atoms with Crippen molar-refractivity contribution in [2.45, 2.75) is 125 Å². The standard InChI is InChI=1S/C31H48O4/c1-19(32)35-25-12-13-28(6)22(27(25,4)5)11-14-29(7)23(28)10-9-20-21-17-26(2,3)15-16-31(21,34)24(33)18-30(20,29)8/h9,21-23,25,34H,10-18H2,1-8H3/t21-,22-,23+,25-,28-,29+,30+,31+/m0/s1. The molecule has 0 amide bonds. The lowest BCUT2D eigenvalue weighted by molar-refractivity contribution is -0.214. The van der Waals surface area contributed by atoms with Crippen molar-refractivity contribution in [3.8, 4) is 0 Å². The molecule has 0 aromatic rings. The van der Waals surface area contributed by atoms with Gasteiger partial charge in [-0.05, 0) is 79.4 Å². The number of esters is 1. The third-order valence-corrected chi connectivity index (χ3v) is 12.7. The van der Waals surface area contributed by atoms with E-state index >= 15 is 0 Å². The fraction of sp³-hybridized carbons (Fsp3) is 0.871. The number of hydrogen-bond donors (Lipinski definition) is 1. The van der Waals surface area contributed by atoms with Crippen LogP contribution in [0.25, 0.3) is 0 Å². The first kappa shape index (κ1) is 25.5. The van der Waals surface area contributed by atoms with Crippen LogP contribution in [0.3, 0.4) is 0 Å². The first-order chi connectivity index (χ1) is 16.0. The van der Waals surface area contributed by atoms with Crippen LogP contribution in [0, 0.1) is 44.8 Å². The highest BCUT2D eigenvalue weighted by atomic mass is 16.5. The summed E-state index contributed by atoms with van der Waals surface area (Å²) < 4.78 is 5.85. The topological polar surface area (TPSA) is 63.6 Å². The van der Waals surface area contributed by atoms with Gasteiger partial charge in [-0.3, -0.25) is 9.59 Å². The highest BCUT2D eigenvalue weighted by molar-refractivity contribution is 5.91. The van der Waals surface area contributed by atoms with Crippen molar-refractivity contribution < 1.29 is 19.4 Å². The Morgan fingerprint density at radius 3 is 2.31 bits per heavy atom. The summed E-state index contributed by atoms with van der Waals surface area (Å²) in [5, 5.41) is 11.7. The molecular weight excluding hydrogens is 436 g/mol. The zero-order valence-corrected chi connectivity index (χ0v) is 23.4. The van der Waals surface area contributed by atoms with E-state index < -0.39 is 5.60 Å². The molecule has 196 valence electrons. The lowest BCUT2D eigenvalue weighted by Gasteiger charge is -2.70. The minimum absolute atomic E-state index is 0.0191. The van der Waals surface area contributed by atoms with Crippen LogP contribution in [0.2, 0.25) is 0 Å². The van der Waals surface area contributed by atoms with Crippen molar-refractivity contribution in [1.29, 1.82) is 0 Å². The van der Waals surface area contributed by atoms with E-state index in [2.05, 4.69) is 54.5 Å². The Kier molecular flexibility index (Phi) is 5.43. The molecule has 5 aliphatic carbocycles. The molecule has 5 aliphatic rings. The van der Waals surface area contributed by atoms with Gasteiger partial charge in [-0.1, -0.05) is 60.1 Å². The summed E-state index contributed by atoms with van der Waals surface area (Å²) in [4.78, 5) is 25.6. The number of fused-ring (bicyclic) bond motifs is 7. The number of Topliss-reactive ketones (excluding diaryl/α,β-unsaturated/α-hetero) is 1. The van der Waals surface area contributed by atoms with Crippen LogP contribution < -0.4 is 0 Å². The van der Waals surface area contributed by atoms with E-state index in [1.54, 1.807) is 0 Å². The zero-order chi connectivity index (χ0) is 25.8. The summed E-state index contributed by atoms with van der Waals surface area (Å²) in [7, 11) is 0. The van der Waals surface area contributed by atoms with E-state index in [-0.39, 0.29) is 50.8 Å². The monoisotopic (exact) mass is 484 g/mol. The molecule has 0 spiro atoms. The van der Waals surface area contributed by atoms with E-state index in [9.17, 15) is 14.7 Å². The van der Waals surface area contributed by atoms with Crippen molar-refractivity contribution in [1.82, 2.24) is 0 Å². The van der Waals surface area contributed by atoms with E-state index in [4.69, 9.17) is 4.74 Å². The van der Waals surface area contributed by atoms with E-state index in [1.807, 2.05) is 0 Å². The van der Waals surface area contributed by atoms with Crippen LogP contribution >= 0.6 is 0 Å². The van der Waals surface area contributed by atoms with Crippen molar-refractivity contribution in [3.05, 3.63) is 11.6 Å². The summed E-state index contributed by atoms with van der Waals surface area (Å²) in [6.07, 6.45) is 10.5. The molecule has 8 atom stereocenters. The molecule has 0 aliphatic heterocycles. The van der Waals surface area contributed by atoms with Gasteiger partial charge in [0.1, 0.15) is 11.7 Å².